The third-order valence-corrected chi connectivity index (χ3v) is 4.18. The van der Waals surface area contributed by atoms with Gasteiger partial charge in [-0.15, -0.1) is 0 Å². The molecule has 1 saturated heterocycles. The number of hydrogen-bond acceptors (Lipinski definition) is 4. The van der Waals surface area contributed by atoms with Crippen molar-refractivity contribution in [3.05, 3.63) is 41.5 Å². The van der Waals surface area contributed by atoms with E-state index >= 15 is 0 Å². The zero-order valence-corrected chi connectivity index (χ0v) is 13.8. The van der Waals surface area contributed by atoms with Crippen LogP contribution >= 0.6 is 0 Å². The van der Waals surface area contributed by atoms with Crippen LogP contribution in [-0.4, -0.2) is 61.5 Å². The van der Waals surface area contributed by atoms with Gasteiger partial charge in [0.25, 0.3) is 0 Å². The van der Waals surface area contributed by atoms with Crippen molar-refractivity contribution in [2.45, 2.75) is 13.0 Å². The van der Waals surface area contributed by atoms with Gasteiger partial charge in [0, 0.05) is 44.8 Å². The fraction of sp³-hybridized carbons (Fsp3) is 0.444. The van der Waals surface area contributed by atoms with Crippen molar-refractivity contribution in [2.75, 3.05) is 39.8 Å². The van der Waals surface area contributed by atoms with Crippen LogP contribution in [0.15, 0.2) is 30.3 Å². The number of carbonyl (C=O) groups is 1. The second kappa shape index (κ2) is 8.47. The van der Waals surface area contributed by atoms with E-state index in [0.29, 0.717) is 18.2 Å². The lowest BCUT2D eigenvalue weighted by atomic mass is 10.1. The number of rotatable bonds is 5. The molecule has 5 heteroatoms. The molecule has 0 unspecified atom stereocenters. The molecular weight excluding hydrogens is 288 g/mol. The molecule has 1 fully saturated rings. The Bertz CT molecular complexity index is 597. The fourth-order valence-corrected chi connectivity index (χ4v) is 2.58. The Balaban J connectivity index is 1.78. The summed E-state index contributed by atoms with van der Waals surface area (Å²) in [4.78, 5) is 16.6. The van der Waals surface area contributed by atoms with Crippen molar-refractivity contribution in [3.8, 4) is 6.07 Å². The van der Waals surface area contributed by atoms with Crippen LogP contribution < -0.4 is 5.32 Å². The molecule has 0 aromatic heterocycles. The predicted octanol–water partition coefficient (Wildman–Crippen LogP) is 1.32. The molecule has 2 rings (SSSR count). The molecule has 1 atom stereocenters. The molecule has 0 spiro atoms. The standard InChI is InChI=1S/C18H24N4O/c1-15(22-10-8-21(2)9-11-22)14-20-18(23)7-6-16-4-3-5-17(12-16)13-19/h3-7,12,15H,8-11,14H2,1-2H3,(H,20,23)/b7-6-/t15-/m0/s1. The Kier molecular flexibility index (Phi) is 6.33. The lowest BCUT2D eigenvalue weighted by Gasteiger charge is -2.36. The van der Waals surface area contributed by atoms with E-state index in [1.807, 2.05) is 12.1 Å². The molecule has 122 valence electrons. The lowest BCUT2D eigenvalue weighted by Crippen LogP contribution is -2.51. The first-order valence-electron chi connectivity index (χ1n) is 7.97. The van der Waals surface area contributed by atoms with Crippen molar-refractivity contribution >= 4 is 12.0 Å². The van der Waals surface area contributed by atoms with E-state index in [0.717, 1.165) is 31.7 Å². The fourth-order valence-electron chi connectivity index (χ4n) is 2.58. The number of hydrogen-bond donors (Lipinski definition) is 1. The van der Waals surface area contributed by atoms with Crippen LogP contribution in [0.1, 0.15) is 18.1 Å². The van der Waals surface area contributed by atoms with Gasteiger partial charge in [0.05, 0.1) is 11.6 Å². The Morgan fingerprint density at radius 1 is 1.39 bits per heavy atom. The summed E-state index contributed by atoms with van der Waals surface area (Å²) in [6, 6.07) is 9.62. The normalized spacial score (nSPS) is 17.8. The van der Waals surface area contributed by atoms with Crippen molar-refractivity contribution in [3.63, 3.8) is 0 Å². The van der Waals surface area contributed by atoms with E-state index in [1.54, 1.807) is 18.2 Å². The maximum atomic E-state index is 11.9. The third kappa shape index (κ3) is 5.51. The Morgan fingerprint density at radius 3 is 2.83 bits per heavy atom. The van der Waals surface area contributed by atoms with Crippen LogP contribution in [0.25, 0.3) is 6.08 Å². The van der Waals surface area contributed by atoms with E-state index < -0.39 is 0 Å². The maximum Gasteiger partial charge on any atom is 0.244 e. The summed E-state index contributed by atoms with van der Waals surface area (Å²) in [6.07, 6.45) is 3.25. The lowest BCUT2D eigenvalue weighted by molar-refractivity contribution is -0.116. The van der Waals surface area contributed by atoms with E-state index in [4.69, 9.17) is 5.26 Å². The highest BCUT2D eigenvalue weighted by atomic mass is 16.1. The van der Waals surface area contributed by atoms with Gasteiger partial charge in [-0.1, -0.05) is 12.1 Å². The number of nitrogens with one attached hydrogen (secondary N) is 1. The average molecular weight is 312 g/mol. The van der Waals surface area contributed by atoms with Crippen molar-refractivity contribution in [1.29, 1.82) is 5.26 Å². The number of amides is 1. The zero-order valence-electron chi connectivity index (χ0n) is 13.8. The summed E-state index contributed by atoms with van der Waals surface area (Å²) in [7, 11) is 2.13. The van der Waals surface area contributed by atoms with Crippen molar-refractivity contribution < 1.29 is 4.79 Å². The molecule has 0 bridgehead atoms. The molecule has 1 N–H and O–H groups in total. The highest BCUT2D eigenvalue weighted by molar-refractivity contribution is 5.91. The summed E-state index contributed by atoms with van der Waals surface area (Å²) in [5, 5.41) is 11.8. The second-order valence-electron chi connectivity index (χ2n) is 6.00. The summed E-state index contributed by atoms with van der Waals surface area (Å²) in [5.74, 6) is -0.103. The number of likely N-dealkylation sites (N-methyl/N-ethyl adjacent to an activating group) is 1. The summed E-state index contributed by atoms with van der Waals surface area (Å²) in [5.41, 5.74) is 1.45. The van der Waals surface area contributed by atoms with Gasteiger partial charge in [-0.05, 0) is 37.7 Å². The summed E-state index contributed by atoms with van der Waals surface area (Å²) >= 11 is 0. The number of benzene rings is 1. The van der Waals surface area contributed by atoms with E-state index in [9.17, 15) is 4.79 Å². The van der Waals surface area contributed by atoms with Gasteiger partial charge < -0.3 is 10.2 Å². The molecule has 0 radical (unpaired) electrons. The molecule has 5 nitrogen and oxygen atoms in total. The van der Waals surface area contributed by atoms with E-state index in [2.05, 4.69) is 35.2 Å². The Labute approximate surface area is 138 Å². The smallest absolute Gasteiger partial charge is 0.244 e. The Hall–Kier alpha value is -2.16. The van der Waals surface area contributed by atoms with Crippen molar-refractivity contribution in [1.82, 2.24) is 15.1 Å². The van der Waals surface area contributed by atoms with Crippen LogP contribution in [0.3, 0.4) is 0 Å². The molecular formula is C18H24N4O. The van der Waals surface area contributed by atoms with Gasteiger partial charge in [0.15, 0.2) is 0 Å². The topological polar surface area (TPSA) is 59.4 Å². The third-order valence-electron chi connectivity index (χ3n) is 4.18. The van der Waals surface area contributed by atoms with Crippen molar-refractivity contribution in [2.24, 2.45) is 0 Å². The van der Waals surface area contributed by atoms with Gasteiger partial charge in [0.2, 0.25) is 5.91 Å². The van der Waals surface area contributed by atoms with E-state index in [-0.39, 0.29) is 5.91 Å². The Morgan fingerprint density at radius 2 is 2.13 bits per heavy atom. The number of piperazine rings is 1. The van der Waals surface area contributed by atoms with Gasteiger partial charge in [-0.2, -0.15) is 5.26 Å². The van der Waals surface area contributed by atoms with Gasteiger partial charge in [-0.3, -0.25) is 9.69 Å². The quantitative estimate of drug-likeness (QED) is 0.833. The number of carbonyl (C=O) groups excluding carboxylic acids is 1. The molecule has 1 heterocycles. The summed E-state index contributed by atoms with van der Waals surface area (Å²) in [6.45, 7) is 7.03. The molecule has 1 aliphatic rings. The molecule has 0 saturated carbocycles. The SMILES string of the molecule is C[C@@H](CNC(=O)/C=C\c1cccc(C#N)c1)N1CCN(C)CC1. The molecule has 23 heavy (non-hydrogen) atoms. The van der Waals surface area contributed by atoms with E-state index in [1.165, 1.54) is 6.08 Å². The van der Waals surface area contributed by atoms with Gasteiger partial charge >= 0.3 is 0 Å². The van der Waals surface area contributed by atoms with Gasteiger partial charge in [0.1, 0.15) is 0 Å². The zero-order chi connectivity index (χ0) is 16.7. The summed E-state index contributed by atoms with van der Waals surface area (Å²) < 4.78 is 0. The first-order valence-corrected chi connectivity index (χ1v) is 7.97. The van der Waals surface area contributed by atoms with Crippen LogP contribution in [0, 0.1) is 11.3 Å². The van der Waals surface area contributed by atoms with Crippen LogP contribution in [0.4, 0.5) is 0 Å². The molecule has 1 aliphatic heterocycles. The van der Waals surface area contributed by atoms with Crippen LogP contribution in [0.2, 0.25) is 0 Å². The molecule has 1 aromatic carbocycles. The average Bonchev–Trinajstić information content (AvgIpc) is 2.58. The number of nitrogens with zero attached hydrogens (tertiary/aromatic N) is 3. The predicted molar refractivity (Wildman–Crippen MR) is 91.7 cm³/mol. The molecule has 0 aliphatic carbocycles. The maximum absolute atomic E-state index is 11.9. The highest BCUT2D eigenvalue weighted by Crippen LogP contribution is 2.06. The van der Waals surface area contributed by atoms with Gasteiger partial charge in [-0.25, -0.2) is 0 Å². The highest BCUT2D eigenvalue weighted by Gasteiger charge is 2.18. The minimum Gasteiger partial charge on any atom is -0.351 e. The monoisotopic (exact) mass is 312 g/mol. The first-order chi connectivity index (χ1) is 11.1. The largest absolute Gasteiger partial charge is 0.351 e. The van der Waals surface area contributed by atoms with Crippen LogP contribution in [-0.2, 0) is 4.79 Å². The molecule has 1 amide bonds. The second-order valence-corrected chi connectivity index (χ2v) is 6.00. The van der Waals surface area contributed by atoms with Crippen LogP contribution in [0.5, 0.6) is 0 Å². The molecule has 1 aromatic rings. The number of nitriles is 1. The first kappa shape index (κ1) is 17.2. The minimum atomic E-state index is -0.103. The minimum absolute atomic E-state index is 0.103.